The molecule has 2 heterocycles. The Hall–Kier alpha value is -5.78. The van der Waals surface area contributed by atoms with Crippen LogP contribution in [0, 0.1) is 0 Å². The van der Waals surface area contributed by atoms with Crippen LogP contribution in [0.5, 0.6) is 5.75 Å². The maximum Gasteiger partial charge on any atom is 0.259 e. The molecule has 0 bridgehead atoms. The van der Waals surface area contributed by atoms with Gasteiger partial charge in [-0.25, -0.2) is 9.97 Å². The topological polar surface area (TPSA) is 178 Å². The molecule has 0 fully saturated rings. The number of phenolic OH excluding ortho intramolecular Hbond substituents is 1. The number of rotatable bonds is 7. The third kappa shape index (κ3) is 4.44. The molecule has 0 saturated heterocycles. The molecular formula is C26H18N8O4. The van der Waals surface area contributed by atoms with Crippen LogP contribution >= 0.6 is 0 Å². The molecule has 0 atom stereocenters. The van der Waals surface area contributed by atoms with Gasteiger partial charge in [-0.1, -0.05) is 36.4 Å². The van der Waals surface area contributed by atoms with Crippen LogP contribution in [0.4, 0.5) is 17.2 Å². The Labute approximate surface area is 214 Å². The molecule has 0 radical (unpaired) electrons. The van der Waals surface area contributed by atoms with Crippen molar-refractivity contribution in [3.05, 3.63) is 95.9 Å². The van der Waals surface area contributed by atoms with Gasteiger partial charge in [-0.15, -0.1) is 10.2 Å². The van der Waals surface area contributed by atoms with Gasteiger partial charge in [0.15, 0.2) is 17.9 Å². The second-order valence-electron chi connectivity index (χ2n) is 7.91. The summed E-state index contributed by atoms with van der Waals surface area (Å²) in [5.74, 6) is -1.70. The van der Waals surface area contributed by atoms with Gasteiger partial charge < -0.3 is 16.2 Å². The van der Waals surface area contributed by atoms with E-state index in [2.05, 4.69) is 30.6 Å². The maximum absolute atomic E-state index is 13.2. The zero-order valence-electron chi connectivity index (χ0n) is 19.5. The second-order valence-corrected chi connectivity index (χ2v) is 7.91. The Kier molecular flexibility index (Phi) is 6.34. The Morgan fingerprint density at radius 3 is 2.47 bits per heavy atom. The summed E-state index contributed by atoms with van der Waals surface area (Å²) in [5, 5.41) is 27.3. The highest BCUT2D eigenvalue weighted by molar-refractivity contribution is 6.13. The molecule has 3 aromatic carbocycles. The average molecular weight is 506 g/mol. The van der Waals surface area contributed by atoms with Crippen molar-refractivity contribution >= 4 is 46.1 Å². The molecule has 0 aliphatic rings. The normalized spacial score (nSPS) is 11.1. The van der Waals surface area contributed by atoms with E-state index >= 15 is 0 Å². The molecule has 0 spiro atoms. The van der Waals surface area contributed by atoms with E-state index in [1.165, 1.54) is 41.5 Å². The van der Waals surface area contributed by atoms with E-state index in [1.54, 1.807) is 42.5 Å². The fourth-order valence-electron chi connectivity index (χ4n) is 3.77. The quantitative estimate of drug-likeness (QED) is 0.220. The standard InChI is InChI=1S/C26H18N8O4/c27-23(37)18-8-3-4-9-20(18)31-25(38)19-12-15-6-1-2-7-17(15)21(22(19)36)32-33-24-16(14-35)13-30-34(24)26-28-10-5-11-29-26/h1-14,36H,(H2,27,37)(H,31,38). The van der Waals surface area contributed by atoms with Crippen molar-refractivity contribution in [3.8, 4) is 11.7 Å². The van der Waals surface area contributed by atoms with Crippen LogP contribution in [0.25, 0.3) is 16.7 Å². The monoisotopic (exact) mass is 506 g/mol. The minimum atomic E-state index is -0.719. The van der Waals surface area contributed by atoms with E-state index in [-0.39, 0.29) is 39.8 Å². The van der Waals surface area contributed by atoms with Gasteiger partial charge in [0.1, 0.15) is 5.69 Å². The molecule has 0 aliphatic carbocycles. The Bertz CT molecular complexity index is 1730. The number of nitrogens with two attached hydrogens (primary N) is 1. The number of hydrogen-bond donors (Lipinski definition) is 3. The minimum Gasteiger partial charge on any atom is -0.505 e. The molecule has 186 valence electrons. The van der Waals surface area contributed by atoms with Crippen LogP contribution in [-0.4, -0.2) is 43.0 Å². The minimum absolute atomic E-state index is 0.0185. The second kappa shape index (κ2) is 10.1. The predicted octanol–water partition coefficient (Wildman–Crippen LogP) is 4.10. The van der Waals surface area contributed by atoms with E-state index < -0.39 is 17.6 Å². The van der Waals surface area contributed by atoms with Crippen molar-refractivity contribution in [2.24, 2.45) is 16.0 Å². The molecule has 0 aliphatic heterocycles. The smallest absolute Gasteiger partial charge is 0.259 e. The van der Waals surface area contributed by atoms with Crippen molar-refractivity contribution in [1.29, 1.82) is 0 Å². The van der Waals surface area contributed by atoms with Crippen molar-refractivity contribution < 1.29 is 19.5 Å². The number of hydrogen-bond acceptors (Lipinski definition) is 9. The number of carbonyl (C=O) groups is 3. The fraction of sp³-hybridized carbons (Fsp3) is 0. The molecule has 4 N–H and O–H groups in total. The lowest BCUT2D eigenvalue weighted by molar-refractivity contribution is 0.100. The number of fused-ring (bicyclic) bond motifs is 1. The van der Waals surface area contributed by atoms with Crippen molar-refractivity contribution in [2.45, 2.75) is 0 Å². The molecule has 5 rings (SSSR count). The SMILES string of the molecule is NC(=O)c1ccccc1NC(=O)c1cc2ccccc2c(N=Nc2c(C=O)cnn2-c2ncccn2)c1O. The first kappa shape index (κ1) is 23.9. The number of amides is 2. The fourth-order valence-corrected chi connectivity index (χ4v) is 3.77. The number of primary amides is 1. The van der Waals surface area contributed by atoms with Crippen LogP contribution in [0.1, 0.15) is 31.1 Å². The first-order valence-electron chi connectivity index (χ1n) is 11.1. The largest absolute Gasteiger partial charge is 0.505 e. The number of para-hydroxylation sites is 1. The first-order valence-corrected chi connectivity index (χ1v) is 11.1. The van der Waals surface area contributed by atoms with Gasteiger partial charge in [0.25, 0.3) is 17.8 Å². The molecule has 2 aromatic heterocycles. The van der Waals surface area contributed by atoms with Crippen molar-refractivity contribution in [3.63, 3.8) is 0 Å². The lowest BCUT2D eigenvalue weighted by Crippen LogP contribution is -2.18. The highest BCUT2D eigenvalue weighted by atomic mass is 16.3. The summed E-state index contributed by atoms with van der Waals surface area (Å²) in [5.41, 5.74) is 5.68. The number of aromatic nitrogens is 4. The van der Waals surface area contributed by atoms with Crippen LogP contribution in [-0.2, 0) is 0 Å². The van der Waals surface area contributed by atoms with Gasteiger partial charge in [-0.2, -0.15) is 9.78 Å². The number of phenols is 1. The number of nitrogens with zero attached hydrogens (tertiary/aromatic N) is 6. The first-order chi connectivity index (χ1) is 18.5. The molecular weight excluding hydrogens is 488 g/mol. The number of anilines is 1. The van der Waals surface area contributed by atoms with Gasteiger partial charge in [-0.05, 0) is 29.7 Å². The maximum atomic E-state index is 13.2. The van der Waals surface area contributed by atoms with Gasteiger partial charge in [0, 0.05) is 17.8 Å². The van der Waals surface area contributed by atoms with Crippen LogP contribution in [0.2, 0.25) is 0 Å². The summed E-state index contributed by atoms with van der Waals surface area (Å²) in [6.07, 6.45) is 4.85. The van der Waals surface area contributed by atoms with Gasteiger partial charge in [0.05, 0.1) is 28.6 Å². The number of aromatic hydroxyl groups is 1. The molecule has 0 saturated carbocycles. The number of benzene rings is 3. The zero-order chi connectivity index (χ0) is 26.6. The van der Waals surface area contributed by atoms with Gasteiger partial charge in [-0.3, -0.25) is 14.4 Å². The Morgan fingerprint density at radius 2 is 1.71 bits per heavy atom. The van der Waals surface area contributed by atoms with Crippen LogP contribution in [0.3, 0.4) is 0 Å². The number of azo groups is 1. The average Bonchev–Trinajstić information content (AvgIpc) is 3.35. The van der Waals surface area contributed by atoms with Crippen molar-refractivity contribution in [1.82, 2.24) is 19.7 Å². The molecule has 0 unspecified atom stereocenters. The van der Waals surface area contributed by atoms with Gasteiger partial charge >= 0.3 is 0 Å². The predicted molar refractivity (Wildman–Crippen MR) is 137 cm³/mol. The third-order valence-corrected chi connectivity index (χ3v) is 5.56. The molecule has 12 nitrogen and oxygen atoms in total. The van der Waals surface area contributed by atoms with E-state index in [4.69, 9.17) is 5.73 Å². The van der Waals surface area contributed by atoms with Crippen LogP contribution < -0.4 is 11.1 Å². The summed E-state index contributed by atoms with van der Waals surface area (Å²) in [4.78, 5) is 44.8. The van der Waals surface area contributed by atoms with E-state index in [0.717, 1.165) is 0 Å². The number of carbonyl (C=O) groups excluding carboxylic acids is 3. The Morgan fingerprint density at radius 1 is 0.974 bits per heavy atom. The van der Waals surface area contributed by atoms with E-state index in [1.807, 2.05) is 0 Å². The summed E-state index contributed by atoms with van der Waals surface area (Å²) in [7, 11) is 0. The van der Waals surface area contributed by atoms with Crippen LogP contribution in [0.15, 0.2) is 89.5 Å². The lowest BCUT2D eigenvalue weighted by atomic mass is 10.0. The summed E-state index contributed by atoms with van der Waals surface area (Å²) < 4.78 is 1.23. The molecule has 2 amide bonds. The molecule has 5 aromatic rings. The number of aldehydes is 1. The molecule has 38 heavy (non-hydrogen) atoms. The van der Waals surface area contributed by atoms with Crippen molar-refractivity contribution in [2.75, 3.05) is 5.32 Å². The highest BCUT2D eigenvalue weighted by Gasteiger charge is 2.21. The summed E-state index contributed by atoms with van der Waals surface area (Å²) in [6, 6.07) is 16.3. The lowest BCUT2D eigenvalue weighted by Gasteiger charge is -2.12. The zero-order valence-corrected chi connectivity index (χ0v) is 19.5. The third-order valence-electron chi connectivity index (χ3n) is 5.56. The summed E-state index contributed by atoms with van der Waals surface area (Å²) >= 11 is 0. The number of nitrogens with one attached hydrogen (secondary N) is 1. The van der Waals surface area contributed by atoms with E-state index in [9.17, 15) is 19.5 Å². The summed E-state index contributed by atoms with van der Waals surface area (Å²) in [6.45, 7) is 0. The van der Waals surface area contributed by atoms with Gasteiger partial charge in [0.2, 0.25) is 0 Å². The Balaban J connectivity index is 1.61. The molecule has 12 heteroatoms. The highest BCUT2D eigenvalue weighted by Crippen LogP contribution is 2.40. The van der Waals surface area contributed by atoms with E-state index in [0.29, 0.717) is 17.1 Å².